The van der Waals surface area contributed by atoms with Crippen molar-refractivity contribution < 1.29 is 13.9 Å². The molecule has 0 heterocycles. The number of halogens is 1. The first-order chi connectivity index (χ1) is 8.76. The van der Waals surface area contributed by atoms with Gasteiger partial charge in [-0.1, -0.05) is 18.2 Å². The van der Waals surface area contributed by atoms with Gasteiger partial charge in [0.05, 0.1) is 5.56 Å². The highest BCUT2D eigenvalue weighted by molar-refractivity contribution is 7.98. The Bertz CT molecular complexity index is 569. The van der Waals surface area contributed by atoms with Gasteiger partial charge in [-0.3, -0.25) is 4.79 Å². The van der Waals surface area contributed by atoms with Gasteiger partial charge in [0, 0.05) is 4.90 Å². The minimum atomic E-state index is -0.580. The summed E-state index contributed by atoms with van der Waals surface area (Å²) in [5, 5.41) is 0. The van der Waals surface area contributed by atoms with Gasteiger partial charge in [0.25, 0.3) is 0 Å². The summed E-state index contributed by atoms with van der Waals surface area (Å²) >= 11 is 1.53. The third-order valence-corrected chi connectivity index (χ3v) is 3.20. The number of carbonyl (C=O) groups is 1. The zero-order valence-electron chi connectivity index (χ0n) is 9.72. The third kappa shape index (κ3) is 2.54. The van der Waals surface area contributed by atoms with Crippen molar-refractivity contribution in [3.63, 3.8) is 0 Å². The van der Waals surface area contributed by atoms with E-state index in [2.05, 4.69) is 0 Å². The molecule has 0 unspecified atom stereocenters. The van der Waals surface area contributed by atoms with E-state index < -0.39 is 5.82 Å². The van der Waals surface area contributed by atoms with Gasteiger partial charge in [-0.25, -0.2) is 4.39 Å². The smallest absolute Gasteiger partial charge is 0.156 e. The van der Waals surface area contributed by atoms with Crippen LogP contribution in [0, 0.1) is 5.82 Å². The van der Waals surface area contributed by atoms with E-state index in [1.807, 2.05) is 24.5 Å². The van der Waals surface area contributed by atoms with Crippen LogP contribution in [0.2, 0.25) is 0 Å². The molecule has 0 fully saturated rings. The van der Waals surface area contributed by atoms with E-state index in [0.717, 1.165) is 4.90 Å². The molecular formula is C14H11FO2S. The molecule has 0 atom stereocenters. The van der Waals surface area contributed by atoms with E-state index in [4.69, 9.17) is 4.74 Å². The van der Waals surface area contributed by atoms with Crippen molar-refractivity contribution in [2.45, 2.75) is 4.90 Å². The molecule has 0 spiro atoms. The molecular weight excluding hydrogens is 251 g/mol. The number of hydrogen-bond donors (Lipinski definition) is 0. The van der Waals surface area contributed by atoms with Crippen LogP contribution >= 0.6 is 11.8 Å². The number of thioether (sulfide) groups is 1. The van der Waals surface area contributed by atoms with Crippen LogP contribution in [0.15, 0.2) is 47.4 Å². The maximum atomic E-state index is 13.4. The van der Waals surface area contributed by atoms with Gasteiger partial charge in [-0.15, -0.1) is 11.8 Å². The molecule has 2 rings (SSSR count). The summed E-state index contributed by atoms with van der Waals surface area (Å²) in [6.07, 6.45) is 2.39. The molecule has 0 radical (unpaired) electrons. The Morgan fingerprint density at radius 1 is 1.11 bits per heavy atom. The first kappa shape index (κ1) is 12.6. The molecule has 0 saturated heterocycles. The van der Waals surface area contributed by atoms with Crippen LogP contribution in [0.4, 0.5) is 4.39 Å². The number of carbonyl (C=O) groups excluding carboxylic acids is 1. The molecule has 0 aliphatic carbocycles. The fraction of sp³-hybridized carbons (Fsp3) is 0.0714. The summed E-state index contributed by atoms with van der Waals surface area (Å²) < 4.78 is 19.0. The Morgan fingerprint density at radius 3 is 2.56 bits per heavy atom. The summed E-state index contributed by atoms with van der Waals surface area (Å²) in [6.45, 7) is 0. The first-order valence-corrected chi connectivity index (χ1v) is 6.53. The number of rotatable bonds is 4. The largest absolute Gasteiger partial charge is 0.455 e. The average molecular weight is 262 g/mol. The second-order valence-corrected chi connectivity index (χ2v) is 4.37. The fourth-order valence-corrected chi connectivity index (χ4v) is 2.07. The van der Waals surface area contributed by atoms with Crippen LogP contribution in [0.25, 0.3) is 0 Å². The predicted octanol–water partition coefficient (Wildman–Crippen LogP) is 4.15. The second-order valence-electron chi connectivity index (χ2n) is 3.52. The van der Waals surface area contributed by atoms with Crippen LogP contribution in [0.1, 0.15) is 10.4 Å². The van der Waals surface area contributed by atoms with Gasteiger partial charge in [-0.05, 0) is 30.5 Å². The van der Waals surface area contributed by atoms with Gasteiger partial charge in [0.2, 0.25) is 0 Å². The Balaban J connectivity index is 2.40. The molecule has 0 aliphatic heterocycles. The molecule has 0 amide bonds. The van der Waals surface area contributed by atoms with Gasteiger partial charge < -0.3 is 4.74 Å². The second kappa shape index (κ2) is 5.69. The zero-order valence-corrected chi connectivity index (χ0v) is 10.5. The molecule has 0 bridgehead atoms. The van der Waals surface area contributed by atoms with Crippen molar-refractivity contribution in [3.8, 4) is 11.5 Å². The summed E-state index contributed by atoms with van der Waals surface area (Å²) in [5.41, 5.74) is -0.0617. The molecule has 4 heteroatoms. The van der Waals surface area contributed by atoms with E-state index in [0.29, 0.717) is 12.0 Å². The predicted molar refractivity (Wildman–Crippen MR) is 70.1 cm³/mol. The molecule has 0 aromatic heterocycles. The summed E-state index contributed by atoms with van der Waals surface area (Å²) in [6, 6.07) is 11.7. The molecule has 2 aromatic carbocycles. The van der Waals surface area contributed by atoms with Gasteiger partial charge in [0.1, 0.15) is 17.3 Å². The van der Waals surface area contributed by atoms with E-state index in [1.165, 1.54) is 23.9 Å². The van der Waals surface area contributed by atoms with Gasteiger partial charge >= 0.3 is 0 Å². The highest BCUT2D eigenvalue weighted by Gasteiger charge is 2.11. The van der Waals surface area contributed by atoms with Crippen molar-refractivity contribution in [3.05, 3.63) is 53.8 Å². The lowest BCUT2D eigenvalue weighted by Crippen LogP contribution is -1.94. The number of aldehydes is 1. The SMILES string of the molecule is CSc1ccccc1Oc1cccc(F)c1C=O. The van der Waals surface area contributed by atoms with Crippen LogP contribution in [-0.4, -0.2) is 12.5 Å². The number of para-hydroxylation sites is 1. The van der Waals surface area contributed by atoms with Crippen molar-refractivity contribution >= 4 is 18.0 Å². The lowest BCUT2D eigenvalue weighted by atomic mass is 10.2. The maximum Gasteiger partial charge on any atom is 0.156 e. The van der Waals surface area contributed by atoms with E-state index >= 15 is 0 Å². The number of hydrogen-bond acceptors (Lipinski definition) is 3. The minimum Gasteiger partial charge on any atom is -0.455 e. The molecule has 92 valence electrons. The Hall–Kier alpha value is -1.81. The highest BCUT2D eigenvalue weighted by atomic mass is 32.2. The lowest BCUT2D eigenvalue weighted by molar-refractivity contribution is 0.111. The lowest BCUT2D eigenvalue weighted by Gasteiger charge is -2.11. The summed E-state index contributed by atoms with van der Waals surface area (Å²) in [7, 11) is 0. The maximum absolute atomic E-state index is 13.4. The van der Waals surface area contributed by atoms with Crippen molar-refractivity contribution in [1.82, 2.24) is 0 Å². The Labute approximate surface area is 109 Å². The van der Waals surface area contributed by atoms with E-state index in [-0.39, 0.29) is 11.3 Å². The molecule has 2 nitrogen and oxygen atoms in total. The Kier molecular flexibility index (Phi) is 3.99. The topological polar surface area (TPSA) is 26.3 Å². The molecule has 18 heavy (non-hydrogen) atoms. The van der Waals surface area contributed by atoms with Crippen molar-refractivity contribution in [2.75, 3.05) is 6.26 Å². The monoisotopic (exact) mass is 262 g/mol. The normalized spacial score (nSPS) is 10.1. The third-order valence-electron chi connectivity index (χ3n) is 2.42. The summed E-state index contributed by atoms with van der Waals surface area (Å²) in [5.74, 6) is 0.259. The molecule has 0 N–H and O–H groups in total. The van der Waals surface area contributed by atoms with Gasteiger partial charge in [-0.2, -0.15) is 0 Å². The highest BCUT2D eigenvalue weighted by Crippen LogP contribution is 2.32. The molecule has 0 saturated carbocycles. The zero-order chi connectivity index (χ0) is 13.0. The fourth-order valence-electron chi connectivity index (χ4n) is 1.54. The Morgan fingerprint density at radius 2 is 1.83 bits per heavy atom. The van der Waals surface area contributed by atoms with Gasteiger partial charge in [0.15, 0.2) is 6.29 Å². The number of benzene rings is 2. The minimum absolute atomic E-state index is 0.0617. The quantitative estimate of drug-likeness (QED) is 0.611. The molecule has 0 aliphatic rings. The first-order valence-electron chi connectivity index (χ1n) is 5.31. The van der Waals surface area contributed by atoms with E-state index in [9.17, 15) is 9.18 Å². The van der Waals surface area contributed by atoms with Crippen molar-refractivity contribution in [1.29, 1.82) is 0 Å². The van der Waals surface area contributed by atoms with Crippen LogP contribution in [0.5, 0.6) is 11.5 Å². The number of ether oxygens (including phenoxy) is 1. The average Bonchev–Trinajstić information content (AvgIpc) is 2.40. The summed E-state index contributed by atoms with van der Waals surface area (Å²) in [4.78, 5) is 11.8. The molecule has 2 aromatic rings. The van der Waals surface area contributed by atoms with Crippen LogP contribution in [-0.2, 0) is 0 Å². The van der Waals surface area contributed by atoms with Crippen molar-refractivity contribution in [2.24, 2.45) is 0 Å². The standard InChI is InChI=1S/C14H11FO2S/c1-18-14-8-3-2-6-13(14)17-12-7-4-5-11(15)10(12)9-16/h2-9H,1H3. The van der Waals surface area contributed by atoms with Crippen LogP contribution in [0.3, 0.4) is 0 Å². The van der Waals surface area contributed by atoms with Crippen LogP contribution < -0.4 is 4.74 Å². The van der Waals surface area contributed by atoms with E-state index in [1.54, 1.807) is 12.1 Å².